The van der Waals surface area contributed by atoms with Gasteiger partial charge in [-0.05, 0) is 49.9 Å². The zero-order chi connectivity index (χ0) is 22.2. The van der Waals surface area contributed by atoms with Gasteiger partial charge in [-0.3, -0.25) is 14.4 Å². The fourth-order valence-electron chi connectivity index (χ4n) is 3.89. The molecule has 0 unspecified atom stereocenters. The fraction of sp³-hybridized carbons (Fsp3) is 0.320. The number of nitrogens with zero attached hydrogens (tertiary/aromatic N) is 1. The first-order valence-corrected chi connectivity index (χ1v) is 10.6. The maximum atomic E-state index is 12.8. The Morgan fingerprint density at radius 3 is 2.39 bits per heavy atom. The highest BCUT2D eigenvalue weighted by atomic mass is 16.2. The Kier molecular flexibility index (Phi) is 7.60. The lowest BCUT2D eigenvalue weighted by Gasteiger charge is -2.36. The first-order chi connectivity index (χ1) is 15.0. The molecule has 6 heteroatoms. The molecule has 1 atom stereocenters. The first-order valence-electron chi connectivity index (χ1n) is 10.6. The van der Waals surface area contributed by atoms with E-state index in [0.717, 1.165) is 5.56 Å². The molecule has 1 heterocycles. The average molecular weight is 420 g/mol. The Bertz CT molecular complexity index is 934. The van der Waals surface area contributed by atoms with Gasteiger partial charge >= 0.3 is 0 Å². The molecule has 3 amide bonds. The number of hydrogen-bond donors (Lipinski definition) is 2. The van der Waals surface area contributed by atoms with E-state index in [0.29, 0.717) is 43.6 Å². The Morgan fingerprint density at radius 2 is 1.74 bits per heavy atom. The molecule has 2 aromatic rings. The number of rotatable bonds is 7. The third kappa shape index (κ3) is 5.81. The van der Waals surface area contributed by atoms with Gasteiger partial charge in [-0.15, -0.1) is 6.58 Å². The number of amides is 3. The van der Waals surface area contributed by atoms with Gasteiger partial charge in [0, 0.05) is 30.8 Å². The van der Waals surface area contributed by atoms with E-state index in [1.54, 1.807) is 30.3 Å². The molecule has 0 aromatic heterocycles. The number of carbonyl (C=O) groups is 3. The molecule has 2 aromatic carbocycles. The van der Waals surface area contributed by atoms with Crippen LogP contribution in [0.2, 0.25) is 0 Å². The van der Waals surface area contributed by atoms with Crippen molar-refractivity contribution in [3.05, 3.63) is 83.9 Å². The Hall–Kier alpha value is -3.41. The third-order valence-electron chi connectivity index (χ3n) is 5.59. The summed E-state index contributed by atoms with van der Waals surface area (Å²) >= 11 is 0. The van der Waals surface area contributed by atoms with Crippen LogP contribution in [0.25, 0.3) is 0 Å². The monoisotopic (exact) mass is 419 g/mol. The van der Waals surface area contributed by atoms with Crippen LogP contribution in [-0.4, -0.2) is 48.3 Å². The van der Waals surface area contributed by atoms with Gasteiger partial charge in [0.05, 0.1) is 0 Å². The van der Waals surface area contributed by atoms with E-state index in [9.17, 15) is 14.4 Å². The van der Waals surface area contributed by atoms with Gasteiger partial charge in [0.15, 0.2) is 0 Å². The average Bonchev–Trinajstić information content (AvgIpc) is 2.81. The summed E-state index contributed by atoms with van der Waals surface area (Å²) in [5.41, 5.74) is 2.23. The molecule has 0 bridgehead atoms. The van der Waals surface area contributed by atoms with Gasteiger partial charge in [0.1, 0.15) is 6.04 Å². The van der Waals surface area contributed by atoms with E-state index in [1.165, 1.54) is 0 Å². The van der Waals surface area contributed by atoms with Crippen LogP contribution in [0.5, 0.6) is 0 Å². The van der Waals surface area contributed by atoms with Gasteiger partial charge in [-0.1, -0.05) is 42.0 Å². The van der Waals surface area contributed by atoms with E-state index in [-0.39, 0.29) is 23.6 Å². The van der Waals surface area contributed by atoms with Crippen molar-refractivity contribution in [2.75, 3.05) is 19.6 Å². The Labute approximate surface area is 183 Å². The largest absolute Gasteiger partial charge is 0.351 e. The highest BCUT2D eigenvalue weighted by Gasteiger charge is 2.34. The third-order valence-corrected chi connectivity index (χ3v) is 5.59. The molecule has 0 aliphatic carbocycles. The van der Waals surface area contributed by atoms with E-state index in [4.69, 9.17) is 0 Å². The molecule has 1 fully saturated rings. The van der Waals surface area contributed by atoms with Gasteiger partial charge in [0.25, 0.3) is 11.8 Å². The molecule has 1 aliphatic rings. The van der Waals surface area contributed by atoms with E-state index in [1.807, 2.05) is 42.2 Å². The van der Waals surface area contributed by atoms with Crippen molar-refractivity contribution in [1.82, 2.24) is 15.5 Å². The quantitative estimate of drug-likeness (QED) is 0.678. The number of piperidine rings is 1. The lowest BCUT2D eigenvalue weighted by atomic mass is 9.88. The number of nitrogens with one attached hydrogen (secondary N) is 2. The predicted octanol–water partition coefficient (Wildman–Crippen LogP) is 2.95. The van der Waals surface area contributed by atoms with Crippen molar-refractivity contribution in [1.29, 1.82) is 0 Å². The maximum absolute atomic E-state index is 12.8. The number of likely N-dealkylation sites (tertiary alicyclic amines) is 1. The lowest BCUT2D eigenvalue weighted by Crippen LogP contribution is -2.53. The zero-order valence-corrected chi connectivity index (χ0v) is 17.8. The number of aryl methyl sites for hydroxylation is 1. The van der Waals surface area contributed by atoms with Crippen LogP contribution in [0.3, 0.4) is 0 Å². The summed E-state index contributed by atoms with van der Waals surface area (Å²) in [6, 6.07) is 15.8. The minimum atomic E-state index is -0.663. The van der Waals surface area contributed by atoms with Crippen LogP contribution in [-0.2, 0) is 4.79 Å². The van der Waals surface area contributed by atoms with Gasteiger partial charge in [0.2, 0.25) is 5.91 Å². The lowest BCUT2D eigenvalue weighted by molar-refractivity contribution is -0.124. The standard InChI is InChI=1S/C25H29N3O3/c1-3-14-26-24(30)22(27-23(29)20-9-5-4-6-10-20)19-12-15-28(16-13-19)25(31)21-11-7-8-18(2)17-21/h3-11,17,19,22H,1,12-16H2,2H3,(H,26,30)(H,27,29)/t22-/m0/s1. The van der Waals surface area contributed by atoms with Crippen molar-refractivity contribution in [3.63, 3.8) is 0 Å². The molecule has 31 heavy (non-hydrogen) atoms. The molecule has 0 radical (unpaired) electrons. The van der Waals surface area contributed by atoms with Crippen molar-refractivity contribution >= 4 is 17.7 Å². The van der Waals surface area contributed by atoms with Crippen molar-refractivity contribution in [2.24, 2.45) is 5.92 Å². The van der Waals surface area contributed by atoms with Crippen LogP contribution in [0, 0.1) is 12.8 Å². The van der Waals surface area contributed by atoms with Crippen molar-refractivity contribution in [2.45, 2.75) is 25.8 Å². The topological polar surface area (TPSA) is 78.5 Å². The second kappa shape index (κ2) is 10.6. The molecule has 3 rings (SSSR count). The molecule has 0 saturated carbocycles. The van der Waals surface area contributed by atoms with Crippen molar-refractivity contribution < 1.29 is 14.4 Å². The van der Waals surface area contributed by atoms with Gasteiger partial charge < -0.3 is 15.5 Å². The summed E-state index contributed by atoms with van der Waals surface area (Å²) in [5.74, 6) is -0.563. The first kappa shape index (κ1) is 22.3. The van der Waals surface area contributed by atoms with Gasteiger partial charge in [-0.25, -0.2) is 0 Å². The second-order valence-corrected chi connectivity index (χ2v) is 7.85. The van der Waals surface area contributed by atoms with Crippen LogP contribution in [0.4, 0.5) is 0 Å². The highest BCUT2D eigenvalue weighted by Crippen LogP contribution is 2.23. The zero-order valence-electron chi connectivity index (χ0n) is 17.8. The maximum Gasteiger partial charge on any atom is 0.253 e. The van der Waals surface area contributed by atoms with E-state index < -0.39 is 6.04 Å². The summed E-state index contributed by atoms with van der Waals surface area (Å²) in [4.78, 5) is 40.1. The number of carbonyl (C=O) groups excluding carboxylic acids is 3. The molecule has 0 spiro atoms. The molecule has 2 N–H and O–H groups in total. The molecular weight excluding hydrogens is 390 g/mol. The summed E-state index contributed by atoms with van der Waals surface area (Å²) in [7, 11) is 0. The molecular formula is C25H29N3O3. The second-order valence-electron chi connectivity index (χ2n) is 7.85. The van der Waals surface area contributed by atoms with Crippen LogP contribution in [0.15, 0.2) is 67.3 Å². The summed E-state index contributed by atoms with van der Waals surface area (Å²) in [6.07, 6.45) is 2.88. The highest BCUT2D eigenvalue weighted by molar-refractivity contribution is 5.97. The summed E-state index contributed by atoms with van der Waals surface area (Å²) in [5, 5.41) is 5.71. The summed E-state index contributed by atoms with van der Waals surface area (Å²) in [6.45, 7) is 7.02. The minimum absolute atomic E-state index is 0.00290. The Balaban J connectivity index is 1.67. The number of hydrogen-bond acceptors (Lipinski definition) is 3. The normalized spacial score (nSPS) is 15.1. The molecule has 1 saturated heterocycles. The Morgan fingerprint density at radius 1 is 1.06 bits per heavy atom. The van der Waals surface area contributed by atoms with E-state index >= 15 is 0 Å². The van der Waals surface area contributed by atoms with Crippen LogP contribution >= 0.6 is 0 Å². The van der Waals surface area contributed by atoms with Gasteiger partial charge in [-0.2, -0.15) is 0 Å². The fourth-order valence-corrected chi connectivity index (χ4v) is 3.89. The molecule has 6 nitrogen and oxygen atoms in total. The van der Waals surface area contributed by atoms with Crippen LogP contribution < -0.4 is 10.6 Å². The predicted molar refractivity (Wildman–Crippen MR) is 121 cm³/mol. The molecule has 1 aliphatic heterocycles. The number of benzene rings is 2. The smallest absolute Gasteiger partial charge is 0.253 e. The van der Waals surface area contributed by atoms with Crippen molar-refractivity contribution in [3.8, 4) is 0 Å². The minimum Gasteiger partial charge on any atom is -0.351 e. The molecule has 162 valence electrons. The SMILES string of the molecule is C=CCNC(=O)[C@@H](NC(=O)c1ccccc1)C1CCN(C(=O)c2cccc(C)c2)CC1. The van der Waals surface area contributed by atoms with E-state index in [2.05, 4.69) is 17.2 Å². The van der Waals surface area contributed by atoms with Crippen LogP contribution in [0.1, 0.15) is 39.1 Å². The summed E-state index contributed by atoms with van der Waals surface area (Å²) < 4.78 is 0.